The van der Waals surface area contributed by atoms with E-state index in [2.05, 4.69) is 28.8 Å². The first-order valence-electron chi connectivity index (χ1n) is 10.4. The fourth-order valence-electron chi connectivity index (χ4n) is 3.72. The first-order chi connectivity index (χ1) is 14.0. The predicted octanol–water partition coefficient (Wildman–Crippen LogP) is 4.13. The molecule has 1 unspecified atom stereocenters. The topological polar surface area (TPSA) is 75.2 Å². The lowest BCUT2D eigenvalue weighted by molar-refractivity contribution is -0.126. The number of aromatic nitrogens is 2. The van der Waals surface area contributed by atoms with Gasteiger partial charge in [0.25, 0.3) is 5.91 Å². The lowest BCUT2D eigenvalue weighted by Crippen LogP contribution is -2.46. The van der Waals surface area contributed by atoms with E-state index in [9.17, 15) is 9.59 Å². The van der Waals surface area contributed by atoms with Gasteiger partial charge in [0.05, 0.1) is 0 Å². The van der Waals surface area contributed by atoms with Crippen LogP contribution < -0.4 is 5.32 Å². The molecule has 156 valence electrons. The van der Waals surface area contributed by atoms with Crippen molar-refractivity contribution in [3.8, 4) is 0 Å². The Balaban J connectivity index is 1.94. The smallest absolute Gasteiger partial charge is 0.276 e. The highest BCUT2D eigenvalue weighted by molar-refractivity contribution is 7.03. The van der Waals surface area contributed by atoms with Gasteiger partial charge < -0.3 is 10.2 Å². The van der Waals surface area contributed by atoms with Crippen molar-refractivity contribution in [1.29, 1.82) is 0 Å². The molecule has 1 N–H and O–H groups in total. The molecule has 1 aromatic heterocycles. The summed E-state index contributed by atoms with van der Waals surface area (Å²) in [4.78, 5) is 28.4. The Morgan fingerprint density at radius 2 is 1.90 bits per heavy atom. The predicted molar refractivity (Wildman–Crippen MR) is 115 cm³/mol. The number of hydrogen-bond acceptors (Lipinski definition) is 5. The number of rotatable bonds is 8. The summed E-state index contributed by atoms with van der Waals surface area (Å²) in [5.74, 6) is 0.0583. The van der Waals surface area contributed by atoms with Gasteiger partial charge in [0.1, 0.15) is 6.04 Å². The largest absolute Gasteiger partial charge is 0.351 e. The third kappa shape index (κ3) is 5.63. The van der Waals surface area contributed by atoms with Crippen LogP contribution in [0.5, 0.6) is 0 Å². The molecular weight excluding hydrogens is 384 g/mol. The Kier molecular flexibility index (Phi) is 7.36. The zero-order chi connectivity index (χ0) is 20.8. The molecule has 3 rings (SSSR count). The summed E-state index contributed by atoms with van der Waals surface area (Å²) in [6, 6.07) is 7.39. The minimum Gasteiger partial charge on any atom is -0.351 e. The summed E-state index contributed by atoms with van der Waals surface area (Å²) in [6.45, 7) is 6.74. The molecule has 6 nitrogen and oxygen atoms in total. The molecule has 2 aromatic rings. The van der Waals surface area contributed by atoms with Crippen LogP contribution in [0.4, 0.5) is 0 Å². The summed E-state index contributed by atoms with van der Waals surface area (Å²) >= 11 is 1.14. The molecule has 0 bridgehead atoms. The fraction of sp³-hybridized carbons (Fsp3) is 0.545. The van der Waals surface area contributed by atoms with Crippen molar-refractivity contribution in [1.82, 2.24) is 19.8 Å². The van der Waals surface area contributed by atoms with Gasteiger partial charge in [0.15, 0.2) is 5.69 Å². The minimum absolute atomic E-state index is 0.110. The maximum absolute atomic E-state index is 13.4. The number of carbonyl (C=O) groups is 2. The van der Waals surface area contributed by atoms with E-state index in [0.717, 1.165) is 54.8 Å². The number of amides is 2. The molecule has 1 atom stereocenters. The van der Waals surface area contributed by atoms with Gasteiger partial charge in [-0.2, -0.15) is 0 Å². The van der Waals surface area contributed by atoms with Gasteiger partial charge in [-0.1, -0.05) is 61.0 Å². The average molecular weight is 415 g/mol. The summed E-state index contributed by atoms with van der Waals surface area (Å²) in [6.07, 6.45) is 5.09. The lowest BCUT2D eigenvalue weighted by atomic mass is 10.0. The van der Waals surface area contributed by atoms with Crippen LogP contribution >= 0.6 is 11.5 Å². The molecule has 1 aromatic carbocycles. The molecule has 29 heavy (non-hydrogen) atoms. The van der Waals surface area contributed by atoms with Crippen molar-refractivity contribution in [2.75, 3.05) is 6.54 Å². The maximum atomic E-state index is 13.4. The van der Waals surface area contributed by atoms with Crippen LogP contribution in [0, 0.1) is 12.8 Å². The van der Waals surface area contributed by atoms with Crippen LogP contribution in [-0.4, -0.2) is 38.9 Å². The lowest BCUT2D eigenvalue weighted by Gasteiger charge is -2.32. The van der Waals surface area contributed by atoms with Gasteiger partial charge in [0.2, 0.25) is 5.91 Å². The Hall–Kier alpha value is -2.28. The van der Waals surface area contributed by atoms with Crippen molar-refractivity contribution in [2.24, 2.45) is 5.92 Å². The third-order valence-electron chi connectivity index (χ3n) is 5.44. The van der Waals surface area contributed by atoms with Gasteiger partial charge in [-0.3, -0.25) is 9.59 Å². The maximum Gasteiger partial charge on any atom is 0.276 e. The number of nitrogens with zero attached hydrogens (tertiary/aromatic N) is 3. The third-order valence-corrected chi connectivity index (χ3v) is 5.95. The molecule has 2 amide bonds. The van der Waals surface area contributed by atoms with Crippen molar-refractivity contribution in [3.63, 3.8) is 0 Å². The van der Waals surface area contributed by atoms with Gasteiger partial charge in [-0.05, 0) is 49.2 Å². The van der Waals surface area contributed by atoms with Crippen LogP contribution in [0.15, 0.2) is 29.6 Å². The van der Waals surface area contributed by atoms with Gasteiger partial charge in [-0.25, -0.2) is 0 Å². The van der Waals surface area contributed by atoms with E-state index in [1.54, 1.807) is 10.3 Å². The van der Waals surface area contributed by atoms with Crippen LogP contribution in [0.1, 0.15) is 73.6 Å². The van der Waals surface area contributed by atoms with Crippen molar-refractivity contribution >= 4 is 23.3 Å². The van der Waals surface area contributed by atoms with E-state index in [1.807, 2.05) is 31.2 Å². The average Bonchev–Trinajstić information content (AvgIpc) is 3.39. The monoisotopic (exact) mass is 414 g/mol. The zero-order valence-corrected chi connectivity index (χ0v) is 18.2. The SMILES string of the molecule is Cc1ccc(C(C(=O)NC2CCCC2)N(CCC(C)C)C(=O)c2csnn2)cc1. The molecule has 1 aliphatic carbocycles. The second-order valence-corrected chi connectivity index (χ2v) is 8.88. The number of carbonyl (C=O) groups excluding carboxylic acids is 2. The van der Waals surface area contributed by atoms with Crippen LogP contribution in [0.3, 0.4) is 0 Å². The van der Waals surface area contributed by atoms with E-state index >= 15 is 0 Å². The van der Waals surface area contributed by atoms with Crippen LogP contribution in [-0.2, 0) is 4.79 Å². The van der Waals surface area contributed by atoms with E-state index in [4.69, 9.17) is 0 Å². The Labute approximate surface area is 176 Å². The van der Waals surface area contributed by atoms with Gasteiger partial charge in [0, 0.05) is 18.0 Å². The van der Waals surface area contributed by atoms with E-state index in [1.165, 1.54) is 0 Å². The summed E-state index contributed by atoms with van der Waals surface area (Å²) in [5.41, 5.74) is 2.24. The molecule has 0 saturated heterocycles. The van der Waals surface area contributed by atoms with Crippen molar-refractivity contribution in [2.45, 2.75) is 65.0 Å². The molecule has 0 radical (unpaired) electrons. The second-order valence-electron chi connectivity index (χ2n) is 8.27. The summed E-state index contributed by atoms with van der Waals surface area (Å²) in [5, 5.41) is 8.80. The standard InChI is InChI=1S/C22H30N4O2S/c1-15(2)12-13-26(22(28)19-14-29-25-24-19)20(17-10-8-16(3)9-11-17)21(27)23-18-6-4-5-7-18/h8-11,14-15,18,20H,4-7,12-13H2,1-3H3,(H,23,27). The van der Waals surface area contributed by atoms with Gasteiger partial charge in [-0.15, -0.1) is 5.10 Å². The van der Waals surface area contributed by atoms with Crippen molar-refractivity contribution < 1.29 is 9.59 Å². The van der Waals surface area contributed by atoms with E-state index in [0.29, 0.717) is 18.2 Å². The number of hydrogen-bond donors (Lipinski definition) is 1. The second kappa shape index (κ2) is 9.96. The molecule has 0 spiro atoms. The van der Waals surface area contributed by atoms with Gasteiger partial charge >= 0.3 is 0 Å². The first-order valence-corrected chi connectivity index (χ1v) is 11.2. The number of benzene rings is 1. The number of nitrogens with one attached hydrogen (secondary N) is 1. The molecule has 1 saturated carbocycles. The highest BCUT2D eigenvalue weighted by atomic mass is 32.1. The summed E-state index contributed by atoms with van der Waals surface area (Å²) in [7, 11) is 0. The highest BCUT2D eigenvalue weighted by Gasteiger charge is 2.34. The van der Waals surface area contributed by atoms with Crippen LogP contribution in [0.2, 0.25) is 0 Å². The molecule has 1 heterocycles. The van der Waals surface area contributed by atoms with Crippen LogP contribution in [0.25, 0.3) is 0 Å². The Morgan fingerprint density at radius 1 is 1.21 bits per heavy atom. The minimum atomic E-state index is -0.677. The molecule has 1 fully saturated rings. The summed E-state index contributed by atoms with van der Waals surface area (Å²) < 4.78 is 3.84. The quantitative estimate of drug-likeness (QED) is 0.705. The zero-order valence-electron chi connectivity index (χ0n) is 17.4. The molecule has 0 aliphatic heterocycles. The molecular formula is C22H30N4O2S. The van der Waals surface area contributed by atoms with E-state index < -0.39 is 6.04 Å². The Bertz CT molecular complexity index is 799. The fourth-order valence-corrected chi connectivity index (χ4v) is 4.15. The number of aryl methyl sites for hydroxylation is 1. The molecule has 7 heteroatoms. The normalized spacial score (nSPS) is 15.4. The highest BCUT2D eigenvalue weighted by Crippen LogP contribution is 2.26. The first kappa shape index (κ1) is 21.4. The molecule has 1 aliphatic rings. The van der Waals surface area contributed by atoms with E-state index in [-0.39, 0.29) is 17.9 Å². The Morgan fingerprint density at radius 3 is 2.48 bits per heavy atom. The van der Waals surface area contributed by atoms with Crippen molar-refractivity contribution in [3.05, 3.63) is 46.5 Å².